The summed E-state index contributed by atoms with van der Waals surface area (Å²) in [6.45, 7) is 5.48. The lowest BCUT2D eigenvalue weighted by atomic mass is 9.95. The van der Waals surface area contributed by atoms with Crippen LogP contribution in [0.2, 0.25) is 0 Å². The lowest BCUT2D eigenvalue weighted by Crippen LogP contribution is -2.53. The molecule has 3 aromatic carbocycles. The summed E-state index contributed by atoms with van der Waals surface area (Å²) in [5, 5.41) is 25.9. The monoisotopic (exact) mass is 603 g/mol. The number of benzene rings is 3. The molecule has 1 aliphatic carbocycles. The molecule has 11 heteroatoms. The molecule has 1 saturated carbocycles. The molecule has 1 aromatic heterocycles. The summed E-state index contributed by atoms with van der Waals surface area (Å²) in [5.74, 6) is -1.31. The molecule has 8 rings (SSSR count). The van der Waals surface area contributed by atoms with Crippen LogP contribution in [0.1, 0.15) is 19.3 Å². The van der Waals surface area contributed by atoms with E-state index in [-0.39, 0.29) is 51.3 Å². The van der Waals surface area contributed by atoms with E-state index in [1.54, 1.807) is 24.3 Å². The fraction of sp³-hybridized carbons (Fsp3) is 0.455. The first kappa shape index (κ1) is 27.9. The van der Waals surface area contributed by atoms with Crippen LogP contribution in [0.15, 0.2) is 42.5 Å². The van der Waals surface area contributed by atoms with Crippen molar-refractivity contribution >= 4 is 27.5 Å². The van der Waals surface area contributed by atoms with Crippen molar-refractivity contribution < 1.29 is 28.5 Å². The van der Waals surface area contributed by atoms with Crippen LogP contribution < -0.4 is 15.0 Å². The zero-order chi connectivity index (χ0) is 30.0. The van der Waals surface area contributed by atoms with Crippen molar-refractivity contribution in [3.63, 3.8) is 0 Å². The van der Waals surface area contributed by atoms with Gasteiger partial charge in [-0.15, -0.1) is 0 Å². The van der Waals surface area contributed by atoms with Crippen molar-refractivity contribution in [3.8, 4) is 22.9 Å². The molecule has 3 N–H and O–H groups in total. The number of nitrogens with one attached hydrogen (secondary N) is 1. The number of piperazine rings is 1. The van der Waals surface area contributed by atoms with Gasteiger partial charge in [0.2, 0.25) is 0 Å². The minimum atomic E-state index is -0.836. The highest BCUT2D eigenvalue weighted by Crippen LogP contribution is 2.47. The Kier molecular flexibility index (Phi) is 6.82. The molecule has 44 heavy (non-hydrogen) atoms. The van der Waals surface area contributed by atoms with E-state index in [4.69, 9.17) is 14.5 Å². The summed E-state index contributed by atoms with van der Waals surface area (Å²) < 4.78 is 44.5. The molecule has 3 atom stereocenters. The van der Waals surface area contributed by atoms with Gasteiger partial charge in [0.15, 0.2) is 5.82 Å². The summed E-state index contributed by atoms with van der Waals surface area (Å²) in [5.41, 5.74) is -0.0766. The number of ether oxygens (including phenoxy) is 2. The van der Waals surface area contributed by atoms with E-state index in [9.17, 15) is 10.2 Å². The molecule has 3 aliphatic heterocycles. The van der Waals surface area contributed by atoms with Crippen molar-refractivity contribution in [1.82, 2.24) is 20.2 Å². The maximum atomic E-state index is 16.7. The zero-order valence-corrected chi connectivity index (χ0v) is 24.3. The Bertz CT molecular complexity index is 1740. The number of hydrogen-bond donors (Lipinski definition) is 3. The number of nitrogens with zero attached hydrogens (tertiary/aromatic N) is 4. The third kappa shape index (κ3) is 5.01. The minimum absolute atomic E-state index is 0.0128. The largest absolute Gasteiger partial charge is 0.508 e. The lowest BCUT2D eigenvalue weighted by molar-refractivity contribution is 0.0231. The van der Waals surface area contributed by atoms with E-state index in [0.717, 1.165) is 45.7 Å². The maximum absolute atomic E-state index is 16.7. The number of aliphatic hydroxyl groups is 1. The van der Waals surface area contributed by atoms with E-state index in [1.165, 1.54) is 12.1 Å². The Morgan fingerprint density at radius 1 is 1.05 bits per heavy atom. The average Bonchev–Trinajstić information content (AvgIpc) is 3.73. The molecule has 0 spiro atoms. The minimum Gasteiger partial charge on any atom is -0.508 e. The van der Waals surface area contributed by atoms with Gasteiger partial charge >= 0.3 is 6.01 Å². The van der Waals surface area contributed by atoms with Crippen LogP contribution in [0.5, 0.6) is 11.8 Å². The second-order valence-corrected chi connectivity index (χ2v) is 12.8. The Hall–Kier alpha value is -3.64. The van der Waals surface area contributed by atoms with E-state index >= 15 is 8.78 Å². The van der Waals surface area contributed by atoms with Crippen LogP contribution in [-0.2, 0) is 4.74 Å². The zero-order valence-electron chi connectivity index (χ0n) is 24.3. The van der Waals surface area contributed by atoms with Crippen molar-refractivity contribution in [1.29, 1.82) is 0 Å². The van der Waals surface area contributed by atoms with Gasteiger partial charge in [-0.25, -0.2) is 8.78 Å². The molecule has 9 nitrogen and oxygen atoms in total. The highest BCUT2D eigenvalue weighted by molar-refractivity contribution is 6.01. The van der Waals surface area contributed by atoms with Crippen molar-refractivity contribution in [2.75, 3.05) is 57.4 Å². The summed E-state index contributed by atoms with van der Waals surface area (Å²) in [7, 11) is 0. The number of rotatable bonds is 7. The van der Waals surface area contributed by atoms with Gasteiger partial charge in [0, 0.05) is 49.6 Å². The van der Waals surface area contributed by atoms with Gasteiger partial charge in [0.05, 0.1) is 37.5 Å². The van der Waals surface area contributed by atoms with Crippen LogP contribution in [0, 0.1) is 17.0 Å². The second kappa shape index (κ2) is 10.8. The summed E-state index contributed by atoms with van der Waals surface area (Å²) in [4.78, 5) is 13.7. The van der Waals surface area contributed by atoms with E-state index in [0.29, 0.717) is 42.7 Å². The summed E-state index contributed by atoms with van der Waals surface area (Å²) in [6, 6.07) is 11.3. The van der Waals surface area contributed by atoms with Crippen LogP contribution >= 0.6 is 0 Å². The van der Waals surface area contributed by atoms with E-state index in [1.807, 2.05) is 11.0 Å². The lowest BCUT2D eigenvalue weighted by Gasteiger charge is -2.34. The third-order valence-corrected chi connectivity index (χ3v) is 9.68. The van der Waals surface area contributed by atoms with Crippen molar-refractivity contribution in [2.24, 2.45) is 5.41 Å². The predicted molar refractivity (Wildman–Crippen MR) is 162 cm³/mol. The Morgan fingerprint density at radius 3 is 2.66 bits per heavy atom. The fourth-order valence-corrected chi connectivity index (χ4v) is 7.18. The molecule has 230 valence electrons. The van der Waals surface area contributed by atoms with Gasteiger partial charge in [-0.3, -0.25) is 4.90 Å². The highest BCUT2D eigenvalue weighted by Gasteiger charge is 2.45. The van der Waals surface area contributed by atoms with Gasteiger partial charge in [0.1, 0.15) is 22.9 Å². The van der Waals surface area contributed by atoms with Crippen molar-refractivity contribution in [2.45, 2.75) is 37.5 Å². The SMILES string of the molecule is Oc1cc(-c2c(F)cc3c(N4C[C@H]5C[C@H](O)[C@@H](C4)N5)nc(OCC4(CN5CCOCC5)CC4)nc3c2F)c2ccccc2c1. The molecule has 2 bridgehead atoms. The van der Waals surface area contributed by atoms with Gasteiger partial charge in [-0.2, -0.15) is 9.97 Å². The first-order valence-corrected chi connectivity index (χ1v) is 15.4. The second-order valence-electron chi connectivity index (χ2n) is 12.8. The number of hydrogen-bond acceptors (Lipinski definition) is 9. The summed E-state index contributed by atoms with van der Waals surface area (Å²) in [6.07, 6.45) is 2.16. The highest BCUT2D eigenvalue weighted by atomic mass is 19.1. The molecule has 4 aliphatic rings. The smallest absolute Gasteiger partial charge is 0.319 e. The van der Waals surface area contributed by atoms with Gasteiger partial charge in [-0.1, -0.05) is 24.3 Å². The number of aliphatic hydroxyl groups excluding tert-OH is 1. The van der Waals surface area contributed by atoms with Crippen LogP contribution in [0.4, 0.5) is 14.6 Å². The molecule has 4 heterocycles. The number of morpholine rings is 1. The number of fused-ring (bicyclic) bond motifs is 4. The molecule has 3 saturated heterocycles. The van der Waals surface area contributed by atoms with Gasteiger partial charge in [0.25, 0.3) is 0 Å². The number of phenols is 1. The molecule has 0 amide bonds. The molecular formula is C33H35F2N5O4. The standard InChI is InChI=1S/C33H35F2N5O4/c34-25-14-24-30(29(35)28(25)23-13-21(41)11-19-3-1-2-4-22(19)23)37-32(38-31(24)40-15-20-12-27(42)26(16-40)36-20)44-18-33(5-6-33)17-39-7-9-43-10-8-39/h1-4,11,13-14,20,26-27,36,41-42H,5-10,12,15-18H2/t20-,26-,27+/m1/s1. The summed E-state index contributed by atoms with van der Waals surface area (Å²) >= 11 is 0. The molecular weight excluding hydrogens is 568 g/mol. The van der Waals surface area contributed by atoms with Crippen LogP contribution in [0.25, 0.3) is 32.8 Å². The first-order chi connectivity index (χ1) is 21.4. The first-order valence-electron chi connectivity index (χ1n) is 15.4. The molecule has 0 radical (unpaired) electrons. The number of halogens is 2. The average molecular weight is 604 g/mol. The van der Waals surface area contributed by atoms with E-state index in [2.05, 4.69) is 15.2 Å². The number of aromatic nitrogens is 2. The molecule has 4 aromatic rings. The Labute approximate surface area is 253 Å². The quantitative estimate of drug-likeness (QED) is 0.291. The topological polar surface area (TPSA) is 103 Å². The van der Waals surface area contributed by atoms with Crippen molar-refractivity contribution in [3.05, 3.63) is 54.1 Å². The van der Waals surface area contributed by atoms with Crippen LogP contribution in [0.3, 0.4) is 0 Å². The van der Waals surface area contributed by atoms with Crippen LogP contribution in [-0.4, -0.2) is 95.8 Å². The maximum Gasteiger partial charge on any atom is 0.319 e. The normalized spacial score (nSPS) is 24.7. The number of aromatic hydroxyl groups is 1. The fourth-order valence-electron chi connectivity index (χ4n) is 7.18. The molecule has 0 unspecified atom stereocenters. The number of anilines is 1. The van der Waals surface area contributed by atoms with Gasteiger partial charge < -0.3 is 29.9 Å². The number of phenolic OH excluding ortho intramolecular Hbond substituents is 1. The third-order valence-electron chi connectivity index (χ3n) is 9.68. The Balaban J connectivity index is 1.21. The molecule has 4 fully saturated rings. The van der Waals surface area contributed by atoms with E-state index < -0.39 is 17.7 Å². The predicted octanol–water partition coefficient (Wildman–Crippen LogP) is 3.84. The van der Waals surface area contributed by atoms with Gasteiger partial charge in [-0.05, 0) is 53.8 Å². The Morgan fingerprint density at radius 2 is 1.86 bits per heavy atom.